The zero-order chi connectivity index (χ0) is 24.2. The Bertz CT molecular complexity index is 1300. The number of amides is 1. The van der Waals surface area contributed by atoms with E-state index in [4.69, 9.17) is 9.47 Å². The number of hydrogen-bond donors (Lipinski definition) is 1. The molecule has 1 aliphatic heterocycles. The first-order chi connectivity index (χ1) is 17.2. The Morgan fingerprint density at radius 3 is 2.34 bits per heavy atom. The summed E-state index contributed by atoms with van der Waals surface area (Å²) in [7, 11) is 3.36. The minimum Gasteiger partial charge on any atom is -0.497 e. The number of para-hydroxylation sites is 1. The van der Waals surface area contributed by atoms with Crippen molar-refractivity contribution in [1.29, 1.82) is 0 Å². The summed E-state index contributed by atoms with van der Waals surface area (Å²) in [6.45, 7) is 3.11. The highest BCUT2D eigenvalue weighted by molar-refractivity contribution is 5.91. The number of nitrogens with one attached hydrogen (secondary N) is 1. The quantitative estimate of drug-likeness (QED) is 0.408. The van der Waals surface area contributed by atoms with E-state index in [9.17, 15) is 4.79 Å². The van der Waals surface area contributed by atoms with E-state index in [2.05, 4.69) is 52.3 Å². The molecule has 0 spiro atoms. The van der Waals surface area contributed by atoms with Gasteiger partial charge in [0.2, 0.25) is 5.91 Å². The van der Waals surface area contributed by atoms with Crippen molar-refractivity contribution in [3.63, 3.8) is 0 Å². The minimum absolute atomic E-state index is 0.209. The lowest BCUT2D eigenvalue weighted by Gasteiger charge is -2.36. The average Bonchev–Trinajstić information content (AvgIpc) is 3.30. The maximum Gasteiger partial charge on any atom is 0.223 e. The molecule has 1 fully saturated rings. The first-order valence-electron chi connectivity index (χ1n) is 12.1. The number of aromatic amines is 1. The molecule has 0 atom stereocenters. The lowest BCUT2D eigenvalue weighted by Crippen LogP contribution is -2.48. The Balaban J connectivity index is 1.27. The van der Waals surface area contributed by atoms with Gasteiger partial charge in [0.05, 0.1) is 14.2 Å². The molecule has 4 aromatic rings. The van der Waals surface area contributed by atoms with Crippen LogP contribution in [-0.2, 0) is 11.2 Å². The van der Waals surface area contributed by atoms with Gasteiger partial charge in [-0.1, -0.05) is 24.3 Å². The molecule has 1 amide bonds. The van der Waals surface area contributed by atoms with Crippen LogP contribution < -0.4 is 14.4 Å². The van der Waals surface area contributed by atoms with Crippen molar-refractivity contribution in [3.05, 3.63) is 78.4 Å². The monoisotopic (exact) mass is 469 g/mol. The van der Waals surface area contributed by atoms with Gasteiger partial charge in [0.15, 0.2) is 0 Å². The topological polar surface area (TPSA) is 57.8 Å². The molecular formula is C29H31N3O3. The molecule has 180 valence electrons. The maximum atomic E-state index is 13.2. The minimum atomic E-state index is 0.209. The van der Waals surface area contributed by atoms with Crippen LogP contribution in [0.15, 0.2) is 72.8 Å². The number of carbonyl (C=O) groups excluding carboxylic acids is 1. The fourth-order valence-corrected chi connectivity index (χ4v) is 4.88. The molecule has 1 saturated heterocycles. The highest BCUT2D eigenvalue weighted by Gasteiger charge is 2.22. The third kappa shape index (κ3) is 4.83. The Hall–Kier alpha value is -3.93. The summed E-state index contributed by atoms with van der Waals surface area (Å²) in [4.78, 5) is 21.0. The maximum absolute atomic E-state index is 13.2. The van der Waals surface area contributed by atoms with E-state index in [0.717, 1.165) is 60.1 Å². The smallest absolute Gasteiger partial charge is 0.223 e. The van der Waals surface area contributed by atoms with Gasteiger partial charge in [0, 0.05) is 61.0 Å². The molecule has 5 rings (SSSR count). The summed E-state index contributed by atoms with van der Waals surface area (Å²) >= 11 is 0. The molecule has 0 aliphatic carbocycles. The molecule has 1 aliphatic rings. The molecule has 0 bridgehead atoms. The molecule has 35 heavy (non-hydrogen) atoms. The molecule has 0 saturated carbocycles. The van der Waals surface area contributed by atoms with E-state index in [1.54, 1.807) is 14.2 Å². The van der Waals surface area contributed by atoms with Crippen LogP contribution >= 0.6 is 0 Å². The summed E-state index contributed by atoms with van der Waals surface area (Å²) < 4.78 is 10.7. The predicted octanol–water partition coefficient (Wildman–Crippen LogP) is 5.13. The number of rotatable bonds is 7. The molecule has 2 heterocycles. The SMILES string of the molecule is COc1ccc(-c2[nH]c3ccccc3c2CCC(=O)N2CCN(c3cccc(OC)c3)CC2)cc1. The summed E-state index contributed by atoms with van der Waals surface area (Å²) in [5, 5.41) is 1.17. The third-order valence-electron chi connectivity index (χ3n) is 6.83. The van der Waals surface area contributed by atoms with Crippen molar-refractivity contribution in [2.45, 2.75) is 12.8 Å². The summed E-state index contributed by atoms with van der Waals surface area (Å²) in [6.07, 6.45) is 1.18. The third-order valence-corrected chi connectivity index (χ3v) is 6.83. The number of aromatic nitrogens is 1. The van der Waals surface area contributed by atoms with Crippen LogP contribution in [0.25, 0.3) is 22.2 Å². The van der Waals surface area contributed by atoms with Crippen LogP contribution in [0, 0.1) is 0 Å². The van der Waals surface area contributed by atoms with Crippen LogP contribution in [0.3, 0.4) is 0 Å². The van der Waals surface area contributed by atoms with Crippen molar-refractivity contribution in [1.82, 2.24) is 9.88 Å². The molecule has 3 aromatic carbocycles. The van der Waals surface area contributed by atoms with Gasteiger partial charge < -0.3 is 24.3 Å². The fraction of sp³-hybridized carbons (Fsp3) is 0.276. The molecular weight excluding hydrogens is 438 g/mol. The van der Waals surface area contributed by atoms with Gasteiger partial charge in [0.1, 0.15) is 11.5 Å². The lowest BCUT2D eigenvalue weighted by atomic mass is 10.0. The van der Waals surface area contributed by atoms with Crippen LogP contribution in [0.4, 0.5) is 5.69 Å². The number of aryl methyl sites for hydroxylation is 1. The zero-order valence-electron chi connectivity index (χ0n) is 20.3. The van der Waals surface area contributed by atoms with Gasteiger partial charge in [-0.15, -0.1) is 0 Å². The van der Waals surface area contributed by atoms with E-state index in [0.29, 0.717) is 12.8 Å². The molecule has 6 heteroatoms. The zero-order valence-corrected chi connectivity index (χ0v) is 20.3. The van der Waals surface area contributed by atoms with Gasteiger partial charge in [-0.25, -0.2) is 0 Å². The molecule has 6 nitrogen and oxygen atoms in total. The van der Waals surface area contributed by atoms with Gasteiger partial charge in [-0.05, 0) is 60.0 Å². The van der Waals surface area contributed by atoms with Crippen molar-refractivity contribution < 1.29 is 14.3 Å². The number of fused-ring (bicyclic) bond motifs is 1. The second kappa shape index (κ2) is 10.1. The van der Waals surface area contributed by atoms with Crippen molar-refractivity contribution >= 4 is 22.5 Å². The standard InChI is InChI=1S/C29H31N3O3/c1-34-23-12-10-21(11-13-23)29-26(25-8-3-4-9-27(25)30-29)14-15-28(33)32-18-16-31(17-19-32)22-6-5-7-24(20-22)35-2/h3-13,20,30H,14-19H2,1-2H3. The average molecular weight is 470 g/mol. The van der Waals surface area contributed by atoms with Crippen molar-refractivity contribution in [2.24, 2.45) is 0 Å². The predicted molar refractivity (Wildman–Crippen MR) is 140 cm³/mol. The first-order valence-corrected chi connectivity index (χ1v) is 12.1. The largest absolute Gasteiger partial charge is 0.497 e. The number of piperazine rings is 1. The number of hydrogen-bond acceptors (Lipinski definition) is 4. The first kappa shape index (κ1) is 22.8. The van der Waals surface area contributed by atoms with Crippen LogP contribution in [-0.4, -0.2) is 56.2 Å². The van der Waals surface area contributed by atoms with Crippen molar-refractivity contribution in [3.8, 4) is 22.8 Å². The van der Waals surface area contributed by atoms with E-state index in [-0.39, 0.29) is 5.91 Å². The number of ether oxygens (including phenoxy) is 2. The number of nitrogens with zero attached hydrogens (tertiary/aromatic N) is 2. The second-order valence-corrected chi connectivity index (χ2v) is 8.82. The molecule has 0 radical (unpaired) electrons. The Morgan fingerprint density at radius 2 is 1.60 bits per heavy atom. The van der Waals surface area contributed by atoms with Crippen LogP contribution in [0.5, 0.6) is 11.5 Å². The van der Waals surface area contributed by atoms with Crippen LogP contribution in [0.2, 0.25) is 0 Å². The number of H-pyrrole nitrogens is 1. The van der Waals surface area contributed by atoms with Gasteiger partial charge in [-0.3, -0.25) is 4.79 Å². The number of anilines is 1. The Labute approximate surface area is 206 Å². The van der Waals surface area contributed by atoms with Crippen molar-refractivity contribution in [2.75, 3.05) is 45.3 Å². The summed E-state index contributed by atoms with van der Waals surface area (Å²) in [6, 6.07) is 24.5. The number of carbonyl (C=O) groups is 1. The fourth-order valence-electron chi connectivity index (χ4n) is 4.88. The van der Waals surface area contributed by atoms with Gasteiger partial charge >= 0.3 is 0 Å². The summed E-state index contributed by atoms with van der Waals surface area (Å²) in [5.41, 5.74) is 5.59. The van der Waals surface area contributed by atoms with E-state index < -0.39 is 0 Å². The Kier molecular flexibility index (Phi) is 6.62. The summed E-state index contributed by atoms with van der Waals surface area (Å²) in [5.74, 6) is 1.89. The number of methoxy groups -OCH3 is 2. The Morgan fingerprint density at radius 1 is 0.857 bits per heavy atom. The van der Waals surface area contributed by atoms with Gasteiger partial charge in [-0.2, -0.15) is 0 Å². The molecule has 0 unspecified atom stereocenters. The lowest BCUT2D eigenvalue weighted by molar-refractivity contribution is -0.131. The molecule has 1 N–H and O–H groups in total. The highest BCUT2D eigenvalue weighted by atomic mass is 16.5. The van der Waals surface area contributed by atoms with E-state index in [1.165, 1.54) is 10.9 Å². The number of benzene rings is 3. The van der Waals surface area contributed by atoms with E-state index in [1.807, 2.05) is 35.2 Å². The van der Waals surface area contributed by atoms with E-state index >= 15 is 0 Å². The van der Waals surface area contributed by atoms with Gasteiger partial charge in [0.25, 0.3) is 0 Å². The highest BCUT2D eigenvalue weighted by Crippen LogP contribution is 2.32. The second-order valence-electron chi connectivity index (χ2n) is 8.82. The normalized spacial score (nSPS) is 13.8. The molecule has 1 aromatic heterocycles. The van der Waals surface area contributed by atoms with Crippen LogP contribution in [0.1, 0.15) is 12.0 Å².